The Morgan fingerprint density at radius 3 is 2.45 bits per heavy atom. The number of ether oxygens (including phenoxy) is 2. The van der Waals surface area contributed by atoms with E-state index in [1.165, 1.54) is 0 Å². The first kappa shape index (κ1) is 21.8. The molecule has 31 heavy (non-hydrogen) atoms. The van der Waals surface area contributed by atoms with Crippen molar-refractivity contribution in [2.75, 3.05) is 11.9 Å². The first-order chi connectivity index (χ1) is 14.8. The molecule has 2 N–H and O–H groups in total. The summed E-state index contributed by atoms with van der Waals surface area (Å²) in [6.07, 6.45) is -1.25. The molecule has 2 aromatic heterocycles. The van der Waals surface area contributed by atoms with Crippen molar-refractivity contribution < 1.29 is 28.4 Å². The maximum atomic E-state index is 12.9. The molecule has 0 spiro atoms. The van der Waals surface area contributed by atoms with Gasteiger partial charge in [-0.05, 0) is 33.3 Å². The summed E-state index contributed by atoms with van der Waals surface area (Å²) in [4.78, 5) is 40.9. The van der Waals surface area contributed by atoms with Crippen molar-refractivity contribution in [3.8, 4) is 0 Å². The molecule has 0 saturated carbocycles. The van der Waals surface area contributed by atoms with Crippen molar-refractivity contribution in [2.24, 2.45) is 0 Å². The van der Waals surface area contributed by atoms with Gasteiger partial charge in [0.1, 0.15) is 11.5 Å². The Morgan fingerprint density at radius 2 is 1.84 bits per heavy atom. The molecule has 0 aliphatic heterocycles. The van der Waals surface area contributed by atoms with Crippen molar-refractivity contribution in [1.29, 1.82) is 0 Å². The third kappa shape index (κ3) is 4.82. The number of aromatic nitrogens is 2. The van der Waals surface area contributed by atoms with Gasteiger partial charge in [0.15, 0.2) is 5.82 Å². The normalized spacial score (nSPS) is 11.6. The highest BCUT2D eigenvalue weighted by Gasteiger charge is 2.30. The Morgan fingerprint density at radius 1 is 1.13 bits per heavy atom. The zero-order chi connectivity index (χ0) is 22.5. The highest BCUT2D eigenvalue weighted by molar-refractivity contribution is 6.00. The van der Waals surface area contributed by atoms with Crippen LogP contribution in [0.2, 0.25) is 0 Å². The molecule has 1 amide bonds. The number of aryl methyl sites for hydroxylation is 2. The summed E-state index contributed by atoms with van der Waals surface area (Å²) in [5, 5.41) is 6.31. The van der Waals surface area contributed by atoms with Crippen LogP contribution in [0.25, 0.3) is 0 Å². The first-order valence-electron chi connectivity index (χ1n) is 9.68. The van der Waals surface area contributed by atoms with Gasteiger partial charge in [0.25, 0.3) is 5.91 Å². The van der Waals surface area contributed by atoms with E-state index in [1.54, 1.807) is 64.1 Å². The van der Waals surface area contributed by atoms with Crippen LogP contribution in [0, 0.1) is 20.8 Å². The number of carbonyl (C=O) groups excluding carboxylic acids is 3. The molecular weight excluding hydrogens is 402 g/mol. The second kappa shape index (κ2) is 9.29. The van der Waals surface area contributed by atoms with Crippen molar-refractivity contribution in [1.82, 2.24) is 10.1 Å². The van der Waals surface area contributed by atoms with E-state index in [2.05, 4.69) is 15.5 Å². The van der Waals surface area contributed by atoms with Crippen molar-refractivity contribution in [3.05, 3.63) is 70.2 Å². The van der Waals surface area contributed by atoms with Crippen LogP contribution in [0.4, 0.5) is 5.82 Å². The minimum Gasteiger partial charge on any atom is -0.462 e. The van der Waals surface area contributed by atoms with Crippen LogP contribution < -0.4 is 5.32 Å². The number of nitrogens with zero attached hydrogens (tertiary/aromatic N) is 1. The molecular formula is C22H23N3O6. The lowest BCUT2D eigenvalue weighted by atomic mass is 10.1. The quantitative estimate of drug-likeness (QED) is 0.554. The van der Waals surface area contributed by atoms with Gasteiger partial charge in [0, 0.05) is 17.3 Å². The van der Waals surface area contributed by atoms with E-state index >= 15 is 0 Å². The Bertz CT molecular complexity index is 1100. The van der Waals surface area contributed by atoms with E-state index in [-0.39, 0.29) is 23.7 Å². The Balaban J connectivity index is 1.88. The number of H-pyrrole nitrogens is 1. The van der Waals surface area contributed by atoms with Gasteiger partial charge in [0.05, 0.1) is 12.2 Å². The zero-order valence-electron chi connectivity index (χ0n) is 17.6. The number of nitrogens with one attached hydrogen (secondary N) is 2. The summed E-state index contributed by atoms with van der Waals surface area (Å²) < 4.78 is 15.6. The number of hydrogen-bond acceptors (Lipinski definition) is 7. The minimum absolute atomic E-state index is 0.0755. The van der Waals surface area contributed by atoms with Gasteiger partial charge < -0.3 is 24.3 Å². The predicted octanol–water partition coefficient (Wildman–Crippen LogP) is 3.64. The van der Waals surface area contributed by atoms with Gasteiger partial charge in [-0.25, -0.2) is 9.59 Å². The molecule has 0 aliphatic rings. The number of carbonyl (C=O) groups is 3. The molecule has 3 aromatic rings. The second-order valence-electron chi connectivity index (χ2n) is 6.85. The highest BCUT2D eigenvalue weighted by atomic mass is 16.5. The molecule has 1 atom stereocenters. The highest BCUT2D eigenvalue weighted by Crippen LogP contribution is 2.25. The van der Waals surface area contributed by atoms with Crippen molar-refractivity contribution >= 4 is 23.7 Å². The number of amides is 1. The van der Waals surface area contributed by atoms with Crippen LogP contribution in [0.3, 0.4) is 0 Å². The van der Waals surface area contributed by atoms with E-state index in [1.807, 2.05) is 0 Å². The molecule has 2 heterocycles. The summed E-state index contributed by atoms with van der Waals surface area (Å²) >= 11 is 0. The van der Waals surface area contributed by atoms with E-state index in [0.29, 0.717) is 22.6 Å². The molecule has 9 nitrogen and oxygen atoms in total. The second-order valence-corrected chi connectivity index (χ2v) is 6.85. The van der Waals surface area contributed by atoms with Gasteiger partial charge in [-0.1, -0.05) is 35.5 Å². The summed E-state index contributed by atoms with van der Waals surface area (Å²) in [6.45, 7) is 6.87. The third-order valence-electron chi connectivity index (χ3n) is 4.57. The van der Waals surface area contributed by atoms with E-state index in [4.69, 9.17) is 14.0 Å². The Hall–Kier alpha value is -3.88. The maximum Gasteiger partial charge on any atom is 0.356 e. The summed E-state index contributed by atoms with van der Waals surface area (Å²) in [7, 11) is 0. The lowest BCUT2D eigenvalue weighted by Crippen LogP contribution is -2.26. The van der Waals surface area contributed by atoms with Crippen LogP contribution in [0.5, 0.6) is 0 Å². The van der Waals surface area contributed by atoms with Crippen LogP contribution in [-0.2, 0) is 14.3 Å². The first-order valence-corrected chi connectivity index (χ1v) is 9.68. The average molecular weight is 425 g/mol. The number of rotatable bonds is 7. The van der Waals surface area contributed by atoms with Gasteiger partial charge in [-0.2, -0.15) is 0 Å². The maximum absolute atomic E-state index is 12.9. The molecule has 1 aromatic carbocycles. The number of anilines is 1. The molecule has 0 saturated heterocycles. The minimum atomic E-state index is -1.25. The molecule has 0 radical (unpaired) electrons. The number of benzene rings is 1. The molecule has 3 rings (SSSR count). The predicted molar refractivity (Wildman–Crippen MR) is 111 cm³/mol. The van der Waals surface area contributed by atoms with Gasteiger partial charge in [0.2, 0.25) is 6.10 Å². The van der Waals surface area contributed by atoms with E-state index in [0.717, 1.165) is 0 Å². The molecule has 0 aliphatic carbocycles. The number of esters is 2. The summed E-state index contributed by atoms with van der Waals surface area (Å²) in [5.74, 6) is -1.19. The van der Waals surface area contributed by atoms with Gasteiger partial charge in [-0.15, -0.1) is 0 Å². The van der Waals surface area contributed by atoms with Crippen LogP contribution in [0.15, 0.2) is 40.9 Å². The third-order valence-corrected chi connectivity index (χ3v) is 4.57. The van der Waals surface area contributed by atoms with Crippen molar-refractivity contribution in [2.45, 2.75) is 33.8 Å². The fraction of sp³-hybridized carbons (Fsp3) is 0.273. The van der Waals surface area contributed by atoms with Crippen molar-refractivity contribution in [3.63, 3.8) is 0 Å². The SMILES string of the molecule is CCOC(=O)c1c(C)[nH]c(C(=O)O[C@H](C(=O)Nc2cc(C)on2)c2ccccc2)c1C. The number of hydrogen-bond donors (Lipinski definition) is 2. The monoisotopic (exact) mass is 425 g/mol. The summed E-state index contributed by atoms with van der Waals surface area (Å²) in [6, 6.07) is 10.1. The smallest absolute Gasteiger partial charge is 0.356 e. The summed E-state index contributed by atoms with van der Waals surface area (Å²) in [5.41, 5.74) is 1.68. The largest absolute Gasteiger partial charge is 0.462 e. The standard InChI is InChI=1S/C22H23N3O6/c1-5-29-21(27)17-13(3)18(23-14(17)4)22(28)30-19(15-9-7-6-8-10-15)20(26)24-16-11-12(2)31-25-16/h6-11,19,23H,5H2,1-4H3,(H,24,25,26)/t19-/m0/s1. The molecule has 0 fully saturated rings. The lowest BCUT2D eigenvalue weighted by molar-refractivity contribution is -0.125. The van der Waals surface area contributed by atoms with Crippen LogP contribution in [-0.4, -0.2) is 34.6 Å². The Labute approximate surface area is 178 Å². The molecule has 162 valence electrons. The zero-order valence-corrected chi connectivity index (χ0v) is 17.6. The van der Waals surface area contributed by atoms with E-state index < -0.39 is 23.9 Å². The topological polar surface area (TPSA) is 124 Å². The van der Waals surface area contributed by atoms with E-state index in [9.17, 15) is 14.4 Å². The Kier molecular flexibility index (Phi) is 6.54. The fourth-order valence-electron chi connectivity index (χ4n) is 3.15. The van der Waals surface area contributed by atoms with Gasteiger partial charge >= 0.3 is 11.9 Å². The van der Waals surface area contributed by atoms with Gasteiger partial charge in [-0.3, -0.25) is 4.79 Å². The van der Waals surface area contributed by atoms with Crippen LogP contribution in [0.1, 0.15) is 56.5 Å². The average Bonchev–Trinajstić information content (AvgIpc) is 3.28. The molecule has 0 unspecified atom stereocenters. The molecule has 9 heteroatoms. The fourth-order valence-corrected chi connectivity index (χ4v) is 3.15. The lowest BCUT2D eigenvalue weighted by Gasteiger charge is -2.17. The van der Waals surface area contributed by atoms with Crippen LogP contribution >= 0.6 is 0 Å². The number of aromatic amines is 1. The molecule has 0 bridgehead atoms.